The number of aryl methyl sites for hydroxylation is 1. The van der Waals surface area contributed by atoms with E-state index < -0.39 is 0 Å². The number of carbonyl (C=O) groups is 1. The molecule has 0 bridgehead atoms. The molecule has 1 heterocycles. The Balaban J connectivity index is 2.25. The van der Waals surface area contributed by atoms with E-state index in [9.17, 15) is 9.59 Å². The van der Waals surface area contributed by atoms with Crippen molar-refractivity contribution < 1.29 is 4.79 Å². The van der Waals surface area contributed by atoms with Gasteiger partial charge in [0.05, 0.1) is 5.69 Å². The number of nitrogens with one attached hydrogen (secondary N) is 1. The molecule has 20 heavy (non-hydrogen) atoms. The largest absolute Gasteiger partial charge is 0.321 e. The molecule has 0 aliphatic carbocycles. The van der Waals surface area contributed by atoms with Gasteiger partial charge in [-0.3, -0.25) is 9.59 Å². The van der Waals surface area contributed by atoms with E-state index in [-0.39, 0.29) is 11.5 Å². The van der Waals surface area contributed by atoms with E-state index >= 15 is 0 Å². The van der Waals surface area contributed by atoms with Crippen LogP contribution >= 0.6 is 31.9 Å². The van der Waals surface area contributed by atoms with Gasteiger partial charge in [0.1, 0.15) is 0 Å². The predicted molar refractivity (Wildman–Crippen MR) is 86.2 cm³/mol. The average molecular weight is 400 g/mol. The number of hydrogen-bond acceptors (Lipinski definition) is 2. The molecule has 2 rings (SSSR count). The quantitative estimate of drug-likeness (QED) is 0.856. The molecular formula is C14H12Br2N2O2. The fraction of sp³-hybridized carbons (Fsp3) is 0.143. The van der Waals surface area contributed by atoms with Gasteiger partial charge in [0.2, 0.25) is 0 Å². The van der Waals surface area contributed by atoms with Crippen LogP contribution in [0.2, 0.25) is 0 Å². The van der Waals surface area contributed by atoms with Crippen LogP contribution in [-0.2, 0) is 6.54 Å². The second-order valence-corrected chi connectivity index (χ2v) is 5.99. The van der Waals surface area contributed by atoms with Crippen LogP contribution in [0.3, 0.4) is 0 Å². The van der Waals surface area contributed by atoms with Gasteiger partial charge in [-0.2, -0.15) is 0 Å². The van der Waals surface area contributed by atoms with E-state index in [1.165, 1.54) is 10.6 Å². The second-order valence-electron chi connectivity index (χ2n) is 4.15. The van der Waals surface area contributed by atoms with Gasteiger partial charge in [-0.25, -0.2) is 0 Å². The Kier molecular flexibility index (Phi) is 4.77. The fourth-order valence-electron chi connectivity index (χ4n) is 1.74. The van der Waals surface area contributed by atoms with Gasteiger partial charge in [-0.15, -0.1) is 0 Å². The maximum absolute atomic E-state index is 12.2. The summed E-state index contributed by atoms with van der Waals surface area (Å²) >= 11 is 6.69. The highest BCUT2D eigenvalue weighted by Gasteiger charge is 2.08. The third-order valence-electron chi connectivity index (χ3n) is 2.71. The SMILES string of the molecule is CCn1cc(NC(=O)c2cc(Br)cc(Br)c2)ccc1=O. The van der Waals surface area contributed by atoms with Crippen molar-refractivity contribution >= 4 is 43.5 Å². The Labute approximate surface area is 133 Å². The van der Waals surface area contributed by atoms with Crippen molar-refractivity contribution in [2.45, 2.75) is 13.5 Å². The Bertz CT molecular complexity index is 690. The second kappa shape index (κ2) is 6.37. The minimum atomic E-state index is -0.228. The molecule has 0 aliphatic heterocycles. The van der Waals surface area contributed by atoms with Crippen LogP contribution in [0.4, 0.5) is 5.69 Å². The number of benzene rings is 1. The lowest BCUT2D eigenvalue weighted by atomic mass is 10.2. The first-order chi connectivity index (χ1) is 9.49. The Morgan fingerprint density at radius 3 is 2.45 bits per heavy atom. The van der Waals surface area contributed by atoms with Crippen LogP contribution in [0.5, 0.6) is 0 Å². The lowest BCUT2D eigenvalue weighted by Crippen LogP contribution is -2.19. The molecule has 0 fully saturated rings. The van der Waals surface area contributed by atoms with Crippen LogP contribution in [0.25, 0.3) is 0 Å². The van der Waals surface area contributed by atoms with Crippen molar-refractivity contribution in [3.8, 4) is 0 Å². The van der Waals surface area contributed by atoms with Gasteiger partial charge in [0, 0.05) is 33.3 Å². The normalized spacial score (nSPS) is 10.3. The summed E-state index contributed by atoms with van der Waals surface area (Å²) in [5.74, 6) is -0.228. The standard InChI is InChI=1S/C14H12Br2N2O2/c1-2-18-8-12(3-4-13(18)19)17-14(20)9-5-10(15)7-11(16)6-9/h3-8H,2H2,1H3,(H,17,20). The summed E-state index contributed by atoms with van der Waals surface area (Å²) in [7, 11) is 0. The minimum absolute atomic E-state index is 0.0873. The molecule has 0 radical (unpaired) electrons. The summed E-state index contributed by atoms with van der Waals surface area (Å²) in [6.45, 7) is 2.43. The summed E-state index contributed by atoms with van der Waals surface area (Å²) in [6, 6.07) is 8.36. The number of amides is 1. The molecule has 4 nitrogen and oxygen atoms in total. The minimum Gasteiger partial charge on any atom is -0.321 e. The number of carbonyl (C=O) groups excluding carboxylic acids is 1. The summed E-state index contributed by atoms with van der Waals surface area (Å²) < 4.78 is 3.16. The zero-order valence-corrected chi connectivity index (χ0v) is 13.9. The maximum Gasteiger partial charge on any atom is 0.255 e. The summed E-state index contributed by atoms with van der Waals surface area (Å²) in [6.07, 6.45) is 1.63. The van der Waals surface area contributed by atoms with E-state index in [2.05, 4.69) is 37.2 Å². The first kappa shape index (κ1) is 15.0. The van der Waals surface area contributed by atoms with Crippen molar-refractivity contribution in [2.75, 3.05) is 5.32 Å². The zero-order valence-electron chi connectivity index (χ0n) is 10.7. The van der Waals surface area contributed by atoms with Gasteiger partial charge in [-0.05, 0) is 31.2 Å². The van der Waals surface area contributed by atoms with Crippen molar-refractivity contribution in [1.29, 1.82) is 0 Å². The van der Waals surface area contributed by atoms with Gasteiger partial charge in [-0.1, -0.05) is 31.9 Å². The van der Waals surface area contributed by atoms with Crippen molar-refractivity contribution in [3.05, 3.63) is 61.4 Å². The van der Waals surface area contributed by atoms with Crippen LogP contribution in [0, 0.1) is 0 Å². The van der Waals surface area contributed by atoms with Crippen LogP contribution in [0.15, 0.2) is 50.3 Å². The summed E-state index contributed by atoms with van der Waals surface area (Å²) in [5.41, 5.74) is 1.03. The number of nitrogens with zero attached hydrogens (tertiary/aromatic N) is 1. The molecule has 0 spiro atoms. The number of halogens is 2. The Hall–Kier alpha value is -1.40. The first-order valence-electron chi connectivity index (χ1n) is 5.97. The molecule has 2 aromatic rings. The molecular weight excluding hydrogens is 388 g/mol. The average Bonchev–Trinajstić information content (AvgIpc) is 2.39. The third-order valence-corrected chi connectivity index (χ3v) is 3.62. The predicted octanol–water partition coefficient (Wildman–Crippen LogP) is 3.65. The van der Waals surface area contributed by atoms with Crippen molar-refractivity contribution in [1.82, 2.24) is 4.57 Å². The molecule has 0 saturated heterocycles. The first-order valence-corrected chi connectivity index (χ1v) is 7.56. The lowest BCUT2D eigenvalue weighted by Gasteiger charge is -2.08. The van der Waals surface area contributed by atoms with E-state index in [0.29, 0.717) is 17.8 Å². The third kappa shape index (κ3) is 3.58. The van der Waals surface area contributed by atoms with E-state index in [0.717, 1.165) is 8.95 Å². The van der Waals surface area contributed by atoms with E-state index in [4.69, 9.17) is 0 Å². The van der Waals surface area contributed by atoms with Crippen molar-refractivity contribution in [2.24, 2.45) is 0 Å². The Morgan fingerprint density at radius 1 is 1.20 bits per heavy atom. The van der Waals surface area contributed by atoms with Gasteiger partial charge < -0.3 is 9.88 Å². The number of pyridine rings is 1. The number of rotatable bonds is 3. The van der Waals surface area contributed by atoms with E-state index in [1.807, 2.05) is 13.0 Å². The van der Waals surface area contributed by atoms with Crippen LogP contribution in [0.1, 0.15) is 17.3 Å². The van der Waals surface area contributed by atoms with E-state index in [1.54, 1.807) is 24.4 Å². The van der Waals surface area contributed by atoms with Crippen molar-refractivity contribution in [3.63, 3.8) is 0 Å². The highest BCUT2D eigenvalue weighted by molar-refractivity contribution is 9.11. The fourth-order valence-corrected chi connectivity index (χ4v) is 3.03. The smallest absolute Gasteiger partial charge is 0.255 e. The van der Waals surface area contributed by atoms with Gasteiger partial charge in [0.15, 0.2) is 0 Å². The molecule has 0 aliphatic rings. The molecule has 1 N–H and O–H groups in total. The number of hydrogen-bond donors (Lipinski definition) is 1. The number of aromatic nitrogens is 1. The lowest BCUT2D eigenvalue weighted by molar-refractivity contribution is 0.102. The highest BCUT2D eigenvalue weighted by atomic mass is 79.9. The van der Waals surface area contributed by atoms with Gasteiger partial charge >= 0.3 is 0 Å². The number of anilines is 1. The molecule has 0 unspecified atom stereocenters. The molecule has 1 aromatic heterocycles. The summed E-state index contributed by atoms with van der Waals surface area (Å²) in [4.78, 5) is 23.6. The molecule has 6 heteroatoms. The molecule has 0 atom stereocenters. The Morgan fingerprint density at radius 2 is 1.85 bits per heavy atom. The van der Waals surface area contributed by atoms with Crippen LogP contribution < -0.4 is 10.9 Å². The van der Waals surface area contributed by atoms with Crippen LogP contribution in [-0.4, -0.2) is 10.5 Å². The molecule has 1 amide bonds. The monoisotopic (exact) mass is 398 g/mol. The molecule has 1 aromatic carbocycles. The summed E-state index contributed by atoms with van der Waals surface area (Å²) in [5, 5.41) is 2.77. The highest BCUT2D eigenvalue weighted by Crippen LogP contribution is 2.20. The molecule has 104 valence electrons. The van der Waals surface area contributed by atoms with Gasteiger partial charge in [0.25, 0.3) is 11.5 Å². The maximum atomic E-state index is 12.2. The zero-order chi connectivity index (χ0) is 14.7. The topological polar surface area (TPSA) is 51.1 Å². The molecule has 0 saturated carbocycles.